The second kappa shape index (κ2) is 15.8. The molecule has 2 unspecified atom stereocenters. The number of nitrogens with one attached hydrogen (secondary N) is 2. The molecule has 1 aliphatic rings. The number of carbonyl (C=O) groups excluding carboxylic acids is 2. The van der Waals surface area contributed by atoms with Gasteiger partial charge < -0.3 is 30.1 Å². The second-order valence-corrected chi connectivity index (χ2v) is 11.3. The van der Waals surface area contributed by atoms with Crippen LogP contribution in [0.2, 0.25) is 0 Å². The lowest BCUT2D eigenvalue weighted by atomic mass is 10.0. The van der Waals surface area contributed by atoms with E-state index >= 15 is 0 Å². The summed E-state index contributed by atoms with van der Waals surface area (Å²) in [6.07, 6.45) is 4.35. The van der Waals surface area contributed by atoms with E-state index in [1.54, 1.807) is 20.3 Å². The van der Waals surface area contributed by atoms with Crippen molar-refractivity contribution in [3.63, 3.8) is 0 Å². The molecule has 2 aromatic rings. The fourth-order valence-corrected chi connectivity index (χ4v) is 5.07. The van der Waals surface area contributed by atoms with Gasteiger partial charge in [-0.25, -0.2) is 0 Å². The molecule has 0 saturated carbocycles. The molecule has 1 aromatic heterocycles. The molecular formula is C31H49N5O5. The number of aliphatic hydroxyl groups is 1. The summed E-state index contributed by atoms with van der Waals surface area (Å²) in [7, 11) is 3.21. The molecule has 10 heteroatoms. The van der Waals surface area contributed by atoms with Crippen LogP contribution in [0.3, 0.4) is 0 Å². The van der Waals surface area contributed by atoms with Gasteiger partial charge in [0.05, 0.1) is 37.6 Å². The van der Waals surface area contributed by atoms with Gasteiger partial charge in [-0.05, 0) is 69.8 Å². The number of methoxy groups -OCH3 is 2. The Balaban J connectivity index is 1.88. The summed E-state index contributed by atoms with van der Waals surface area (Å²) in [6, 6.07) is 6.97. The van der Waals surface area contributed by atoms with Crippen LogP contribution in [0.15, 0.2) is 24.3 Å². The van der Waals surface area contributed by atoms with Gasteiger partial charge in [0, 0.05) is 25.6 Å². The third-order valence-electron chi connectivity index (χ3n) is 8.02. The smallest absolute Gasteiger partial charge is 0.272 e. The predicted octanol–water partition coefficient (Wildman–Crippen LogP) is 4.04. The molecule has 10 nitrogen and oxygen atoms in total. The van der Waals surface area contributed by atoms with Crippen molar-refractivity contribution in [3.05, 3.63) is 30.0 Å². The summed E-state index contributed by atoms with van der Waals surface area (Å²) < 4.78 is 13.2. The van der Waals surface area contributed by atoms with Crippen molar-refractivity contribution < 1.29 is 24.2 Å². The molecule has 0 aliphatic carbocycles. The van der Waals surface area contributed by atoms with Gasteiger partial charge in [0.2, 0.25) is 5.91 Å². The van der Waals surface area contributed by atoms with Gasteiger partial charge in [-0.3, -0.25) is 14.3 Å². The number of amides is 2. The van der Waals surface area contributed by atoms with E-state index in [0.717, 1.165) is 30.9 Å². The van der Waals surface area contributed by atoms with E-state index in [1.807, 2.05) is 29.8 Å². The molecule has 41 heavy (non-hydrogen) atoms. The van der Waals surface area contributed by atoms with Crippen molar-refractivity contribution in [2.24, 2.45) is 5.92 Å². The van der Waals surface area contributed by atoms with E-state index < -0.39 is 6.10 Å². The Kier molecular flexibility index (Phi) is 12.5. The Morgan fingerprint density at radius 1 is 1.07 bits per heavy atom. The van der Waals surface area contributed by atoms with E-state index in [2.05, 4.69) is 36.3 Å². The number of carbonyl (C=O) groups is 2. The molecule has 0 bridgehead atoms. The SMILES string of the molecule is CCC(O)CNC(=O)C[C@H](CCN1CCCCC1)NC(=O)c1cc(-c2c(OC)cccc2OC)n(C(C)C(C)C)n1. The van der Waals surface area contributed by atoms with Crippen molar-refractivity contribution in [1.29, 1.82) is 0 Å². The fourth-order valence-electron chi connectivity index (χ4n) is 5.07. The molecule has 2 heterocycles. The molecule has 3 rings (SSSR count). The lowest BCUT2D eigenvalue weighted by Gasteiger charge is -2.28. The molecule has 3 N–H and O–H groups in total. The maximum absolute atomic E-state index is 13.7. The van der Waals surface area contributed by atoms with Gasteiger partial charge in [0.1, 0.15) is 11.5 Å². The number of ether oxygens (including phenoxy) is 2. The van der Waals surface area contributed by atoms with Crippen molar-refractivity contribution in [2.45, 2.75) is 84.4 Å². The second-order valence-electron chi connectivity index (χ2n) is 11.3. The van der Waals surface area contributed by atoms with E-state index in [-0.39, 0.29) is 48.5 Å². The Hall–Kier alpha value is -3.11. The van der Waals surface area contributed by atoms with Gasteiger partial charge in [0.15, 0.2) is 5.69 Å². The number of hydrogen-bond acceptors (Lipinski definition) is 7. The number of nitrogens with zero attached hydrogens (tertiary/aromatic N) is 3. The number of aromatic nitrogens is 2. The summed E-state index contributed by atoms with van der Waals surface area (Å²) in [5.41, 5.74) is 1.72. The normalized spacial score (nSPS) is 16.2. The molecule has 0 spiro atoms. The van der Waals surface area contributed by atoms with Crippen LogP contribution in [0.5, 0.6) is 11.5 Å². The maximum atomic E-state index is 13.7. The summed E-state index contributed by atoms with van der Waals surface area (Å²) >= 11 is 0. The zero-order chi connectivity index (χ0) is 29.9. The summed E-state index contributed by atoms with van der Waals surface area (Å²) in [5.74, 6) is 0.974. The van der Waals surface area contributed by atoms with Gasteiger partial charge in [-0.2, -0.15) is 5.10 Å². The predicted molar refractivity (Wildman–Crippen MR) is 160 cm³/mol. The number of rotatable bonds is 15. The number of likely N-dealkylation sites (tertiary alicyclic amines) is 1. The molecular weight excluding hydrogens is 522 g/mol. The van der Waals surface area contributed by atoms with Gasteiger partial charge in [-0.1, -0.05) is 33.3 Å². The number of piperidine rings is 1. The molecule has 1 aromatic carbocycles. The minimum atomic E-state index is -0.586. The first-order valence-electron chi connectivity index (χ1n) is 15.0. The van der Waals surface area contributed by atoms with Crippen molar-refractivity contribution in [2.75, 3.05) is 40.4 Å². The standard InChI is InChI=1S/C31H49N5O5/c1-7-24(37)20-32-29(38)18-23(14-17-35-15-9-8-10-16-35)33-31(39)25-19-26(36(34-25)22(4)21(2)3)30-27(40-5)12-11-13-28(30)41-6/h11-13,19,21-24,37H,7-10,14-18,20H2,1-6H3,(H,32,38)(H,33,39)/t22?,23-,24?/m0/s1. The minimum absolute atomic E-state index is 0.00756. The summed E-state index contributed by atoms with van der Waals surface area (Å²) in [5, 5.41) is 20.5. The fraction of sp³-hybridized carbons (Fsp3) is 0.645. The highest BCUT2D eigenvalue weighted by Crippen LogP contribution is 2.40. The van der Waals surface area contributed by atoms with Crippen molar-refractivity contribution in [1.82, 2.24) is 25.3 Å². The first-order valence-corrected chi connectivity index (χ1v) is 15.0. The molecule has 1 aliphatic heterocycles. The van der Waals surface area contributed by atoms with Gasteiger partial charge in [0.25, 0.3) is 5.91 Å². The van der Waals surface area contributed by atoms with E-state index in [1.165, 1.54) is 19.3 Å². The van der Waals surface area contributed by atoms with Gasteiger partial charge in [-0.15, -0.1) is 0 Å². The highest BCUT2D eigenvalue weighted by molar-refractivity contribution is 5.94. The van der Waals surface area contributed by atoms with Crippen LogP contribution in [0.25, 0.3) is 11.3 Å². The average molecular weight is 572 g/mol. The largest absolute Gasteiger partial charge is 0.496 e. The maximum Gasteiger partial charge on any atom is 0.272 e. The molecule has 0 radical (unpaired) electrons. The number of hydrogen-bond donors (Lipinski definition) is 3. The first kappa shape index (κ1) is 32.4. The van der Waals surface area contributed by atoms with Crippen LogP contribution < -0.4 is 20.1 Å². The van der Waals surface area contributed by atoms with Crippen LogP contribution in [0.1, 0.15) is 82.8 Å². The van der Waals surface area contributed by atoms with Gasteiger partial charge >= 0.3 is 0 Å². The third-order valence-corrected chi connectivity index (χ3v) is 8.02. The van der Waals surface area contributed by atoms with Crippen LogP contribution in [-0.4, -0.2) is 84.1 Å². The lowest BCUT2D eigenvalue weighted by molar-refractivity contribution is -0.122. The highest BCUT2D eigenvalue weighted by Gasteiger charge is 2.27. The van der Waals surface area contributed by atoms with Crippen LogP contribution in [0, 0.1) is 5.92 Å². The Labute approximate surface area is 244 Å². The molecule has 3 atom stereocenters. The monoisotopic (exact) mass is 571 g/mol. The zero-order valence-electron chi connectivity index (χ0n) is 25.6. The quantitative estimate of drug-likeness (QED) is 0.295. The molecule has 1 fully saturated rings. The van der Waals surface area contributed by atoms with Crippen LogP contribution >= 0.6 is 0 Å². The number of benzene rings is 1. The Bertz CT molecular complexity index is 1110. The first-order chi connectivity index (χ1) is 19.7. The minimum Gasteiger partial charge on any atom is -0.496 e. The zero-order valence-corrected chi connectivity index (χ0v) is 25.6. The van der Waals surface area contributed by atoms with E-state index in [0.29, 0.717) is 24.3 Å². The Morgan fingerprint density at radius 2 is 1.73 bits per heavy atom. The summed E-state index contributed by atoms with van der Waals surface area (Å²) in [4.78, 5) is 28.8. The van der Waals surface area contributed by atoms with Crippen LogP contribution in [0.4, 0.5) is 0 Å². The summed E-state index contributed by atoms with van der Waals surface area (Å²) in [6.45, 7) is 11.2. The van der Waals surface area contributed by atoms with E-state index in [4.69, 9.17) is 14.6 Å². The average Bonchev–Trinajstić information content (AvgIpc) is 3.43. The molecule has 1 saturated heterocycles. The van der Waals surface area contributed by atoms with E-state index in [9.17, 15) is 14.7 Å². The lowest BCUT2D eigenvalue weighted by Crippen LogP contribution is -2.43. The van der Waals surface area contributed by atoms with Crippen molar-refractivity contribution >= 4 is 11.8 Å². The third kappa shape index (κ3) is 8.94. The topological polar surface area (TPSA) is 118 Å². The highest BCUT2D eigenvalue weighted by atomic mass is 16.5. The Morgan fingerprint density at radius 3 is 2.32 bits per heavy atom. The number of aliphatic hydroxyl groups excluding tert-OH is 1. The van der Waals surface area contributed by atoms with Crippen molar-refractivity contribution in [3.8, 4) is 22.8 Å². The molecule has 228 valence electrons. The van der Waals surface area contributed by atoms with Crippen LogP contribution in [-0.2, 0) is 4.79 Å². The molecule has 2 amide bonds.